The predicted octanol–water partition coefficient (Wildman–Crippen LogP) is 7.39. The zero-order valence-electron chi connectivity index (χ0n) is 15.4. The number of azo groups is 1. The minimum Gasteiger partial charge on any atom is -0.493 e. The molecule has 150 valence electrons. The zero-order chi connectivity index (χ0) is 21.3. The van der Waals surface area contributed by atoms with E-state index in [2.05, 4.69) is 26.2 Å². The summed E-state index contributed by atoms with van der Waals surface area (Å²) >= 11 is 15.4. The van der Waals surface area contributed by atoms with Crippen LogP contribution in [0.25, 0.3) is 10.9 Å². The van der Waals surface area contributed by atoms with Crippen LogP contribution in [0, 0.1) is 0 Å². The molecule has 0 bridgehead atoms. The van der Waals surface area contributed by atoms with E-state index in [1.807, 2.05) is 48.5 Å². The third-order valence-corrected chi connectivity index (χ3v) is 5.60. The summed E-state index contributed by atoms with van der Waals surface area (Å²) in [5.74, 6) is -0.708. The van der Waals surface area contributed by atoms with Crippen molar-refractivity contribution < 1.29 is 9.90 Å². The molecule has 0 fully saturated rings. The summed E-state index contributed by atoms with van der Waals surface area (Å²) < 4.78 is 2.54. The molecule has 1 amide bonds. The van der Waals surface area contributed by atoms with Gasteiger partial charge in [0, 0.05) is 14.9 Å². The van der Waals surface area contributed by atoms with E-state index in [0.29, 0.717) is 17.0 Å². The van der Waals surface area contributed by atoms with Crippen molar-refractivity contribution in [2.24, 2.45) is 10.2 Å². The topological polar surface area (TPSA) is 66.9 Å². The van der Waals surface area contributed by atoms with Crippen LogP contribution in [0.5, 0.6) is 5.88 Å². The van der Waals surface area contributed by atoms with Crippen molar-refractivity contribution in [2.45, 2.75) is 6.54 Å². The number of halogens is 3. The SMILES string of the molecule is O=C(N=Nc1c(O)n(Cc2ccccc2)c2ccc(Br)cc12)c1ccc(Cl)cc1Cl. The van der Waals surface area contributed by atoms with Crippen LogP contribution < -0.4 is 0 Å². The summed E-state index contributed by atoms with van der Waals surface area (Å²) in [4.78, 5) is 12.5. The lowest BCUT2D eigenvalue weighted by Crippen LogP contribution is -1.98. The summed E-state index contributed by atoms with van der Waals surface area (Å²) in [7, 11) is 0. The molecule has 8 heteroatoms. The predicted molar refractivity (Wildman–Crippen MR) is 122 cm³/mol. The van der Waals surface area contributed by atoms with Gasteiger partial charge in [0.1, 0.15) is 0 Å². The smallest absolute Gasteiger partial charge is 0.296 e. The van der Waals surface area contributed by atoms with Gasteiger partial charge in [0.25, 0.3) is 5.91 Å². The highest BCUT2D eigenvalue weighted by Crippen LogP contribution is 2.40. The second-order valence-electron chi connectivity index (χ2n) is 6.53. The standard InChI is InChI=1S/C22H14BrCl2N3O2/c23-14-6-9-19-17(10-14)20(22(30)28(19)12-13-4-2-1-3-5-13)26-27-21(29)16-8-7-15(24)11-18(16)25/h1-11,30H,12H2. The Morgan fingerprint density at radius 1 is 1.03 bits per heavy atom. The number of aromatic hydroxyl groups is 1. The van der Waals surface area contributed by atoms with Gasteiger partial charge in [-0.15, -0.1) is 10.2 Å². The molecular weight excluding hydrogens is 489 g/mol. The molecule has 0 aliphatic rings. The van der Waals surface area contributed by atoms with Crippen LogP contribution in [0.1, 0.15) is 15.9 Å². The average Bonchev–Trinajstić information content (AvgIpc) is 2.97. The molecule has 0 radical (unpaired) electrons. The Hall–Kier alpha value is -2.67. The fourth-order valence-electron chi connectivity index (χ4n) is 3.13. The number of hydrogen-bond acceptors (Lipinski definition) is 3. The summed E-state index contributed by atoms with van der Waals surface area (Å²) in [6.07, 6.45) is 0. The van der Waals surface area contributed by atoms with Crippen molar-refractivity contribution in [2.75, 3.05) is 0 Å². The maximum Gasteiger partial charge on any atom is 0.296 e. The van der Waals surface area contributed by atoms with Crippen molar-refractivity contribution in [1.82, 2.24) is 4.57 Å². The molecule has 0 atom stereocenters. The molecule has 0 unspecified atom stereocenters. The molecule has 1 aromatic heterocycles. The Morgan fingerprint density at radius 2 is 1.80 bits per heavy atom. The van der Waals surface area contributed by atoms with Crippen LogP contribution in [0.4, 0.5) is 5.69 Å². The first-order chi connectivity index (χ1) is 14.4. The maximum atomic E-state index is 12.5. The number of benzene rings is 3. The summed E-state index contributed by atoms with van der Waals surface area (Å²) in [6, 6.07) is 19.8. The third-order valence-electron chi connectivity index (χ3n) is 4.56. The van der Waals surface area contributed by atoms with Gasteiger partial charge in [0.2, 0.25) is 5.88 Å². The fourth-order valence-corrected chi connectivity index (χ4v) is 3.98. The first-order valence-corrected chi connectivity index (χ1v) is 10.4. The normalized spacial score (nSPS) is 11.4. The molecule has 0 aliphatic carbocycles. The van der Waals surface area contributed by atoms with Gasteiger partial charge >= 0.3 is 0 Å². The first kappa shape index (κ1) is 20.6. The van der Waals surface area contributed by atoms with Crippen LogP contribution >= 0.6 is 39.1 Å². The molecule has 5 nitrogen and oxygen atoms in total. The fraction of sp³-hybridized carbons (Fsp3) is 0.0455. The monoisotopic (exact) mass is 501 g/mol. The highest BCUT2D eigenvalue weighted by Gasteiger charge is 2.18. The first-order valence-electron chi connectivity index (χ1n) is 8.90. The Labute approximate surface area is 190 Å². The molecule has 0 saturated carbocycles. The van der Waals surface area contributed by atoms with Crippen molar-refractivity contribution in [1.29, 1.82) is 0 Å². The summed E-state index contributed by atoms with van der Waals surface area (Å²) in [5, 5.41) is 20.0. The van der Waals surface area contributed by atoms with Gasteiger partial charge in [-0.3, -0.25) is 4.79 Å². The quantitative estimate of drug-likeness (QED) is 0.295. The van der Waals surface area contributed by atoms with Crippen molar-refractivity contribution >= 4 is 61.6 Å². The second-order valence-corrected chi connectivity index (χ2v) is 8.29. The zero-order valence-corrected chi connectivity index (χ0v) is 18.5. The number of amides is 1. The average molecular weight is 503 g/mol. The highest BCUT2D eigenvalue weighted by atomic mass is 79.9. The minimum absolute atomic E-state index is 0.0780. The molecule has 0 saturated heterocycles. The molecule has 4 aromatic rings. The molecule has 1 heterocycles. The van der Waals surface area contributed by atoms with Gasteiger partial charge in [0.05, 0.1) is 22.6 Å². The minimum atomic E-state index is -0.630. The summed E-state index contributed by atoms with van der Waals surface area (Å²) in [6.45, 7) is 0.442. The molecule has 1 N–H and O–H groups in total. The number of fused-ring (bicyclic) bond motifs is 1. The van der Waals surface area contributed by atoms with Crippen molar-refractivity contribution in [3.63, 3.8) is 0 Å². The second kappa shape index (κ2) is 8.60. The van der Waals surface area contributed by atoms with E-state index in [0.717, 1.165) is 15.6 Å². The van der Waals surface area contributed by atoms with Gasteiger partial charge in [-0.05, 0) is 42.0 Å². The maximum absolute atomic E-state index is 12.5. The van der Waals surface area contributed by atoms with E-state index in [1.165, 1.54) is 12.1 Å². The van der Waals surface area contributed by atoms with Crippen LogP contribution in [0.3, 0.4) is 0 Å². The van der Waals surface area contributed by atoms with Crippen LogP contribution in [-0.4, -0.2) is 15.6 Å². The number of hydrogen-bond donors (Lipinski definition) is 1. The third kappa shape index (κ3) is 4.12. The van der Waals surface area contributed by atoms with Crippen molar-refractivity contribution in [3.05, 3.63) is 92.4 Å². The Kier molecular flexibility index (Phi) is 5.90. The molecular formula is C22H14BrCl2N3O2. The molecule has 0 spiro atoms. The van der Waals surface area contributed by atoms with Crippen LogP contribution in [0.15, 0.2) is 81.4 Å². The van der Waals surface area contributed by atoms with Gasteiger partial charge in [-0.1, -0.05) is 69.5 Å². The van der Waals surface area contributed by atoms with E-state index in [9.17, 15) is 9.90 Å². The Bertz CT molecular complexity index is 1290. The number of rotatable bonds is 4. The van der Waals surface area contributed by atoms with Gasteiger partial charge in [-0.25, -0.2) is 0 Å². The number of nitrogens with zero attached hydrogens (tertiary/aromatic N) is 3. The lowest BCUT2D eigenvalue weighted by molar-refractivity contribution is 0.0995. The van der Waals surface area contributed by atoms with Gasteiger partial charge < -0.3 is 9.67 Å². The molecule has 30 heavy (non-hydrogen) atoms. The number of carbonyl (C=O) groups is 1. The molecule has 3 aromatic carbocycles. The van der Waals surface area contributed by atoms with E-state index < -0.39 is 5.91 Å². The van der Waals surface area contributed by atoms with E-state index in [-0.39, 0.29) is 22.2 Å². The van der Waals surface area contributed by atoms with Gasteiger partial charge in [-0.2, -0.15) is 0 Å². The Morgan fingerprint density at radius 3 is 2.53 bits per heavy atom. The largest absolute Gasteiger partial charge is 0.493 e. The van der Waals surface area contributed by atoms with Crippen molar-refractivity contribution in [3.8, 4) is 5.88 Å². The summed E-state index contributed by atoms with van der Waals surface area (Å²) in [5.41, 5.74) is 2.17. The van der Waals surface area contributed by atoms with E-state index in [1.54, 1.807) is 10.6 Å². The highest BCUT2D eigenvalue weighted by molar-refractivity contribution is 9.10. The van der Waals surface area contributed by atoms with E-state index in [4.69, 9.17) is 23.2 Å². The lowest BCUT2D eigenvalue weighted by Gasteiger charge is -2.07. The number of aromatic nitrogens is 1. The van der Waals surface area contributed by atoms with E-state index >= 15 is 0 Å². The lowest BCUT2D eigenvalue weighted by atomic mass is 10.2. The number of carbonyl (C=O) groups excluding carboxylic acids is 1. The van der Waals surface area contributed by atoms with Crippen LogP contribution in [-0.2, 0) is 6.54 Å². The molecule has 0 aliphatic heterocycles. The van der Waals surface area contributed by atoms with Gasteiger partial charge in [0.15, 0.2) is 5.69 Å². The van der Waals surface area contributed by atoms with Crippen LogP contribution in [0.2, 0.25) is 10.0 Å². The Balaban J connectivity index is 1.76. The molecule has 4 rings (SSSR count).